The molecule has 16 nitrogen and oxygen atoms in total. The molecule has 6 amide bonds. The Kier molecular flexibility index (Phi) is 17.7. The van der Waals surface area contributed by atoms with E-state index in [4.69, 9.17) is 16.2 Å². The van der Waals surface area contributed by atoms with Gasteiger partial charge < -0.3 is 52.8 Å². The van der Waals surface area contributed by atoms with Crippen LogP contribution in [0.15, 0.2) is 116 Å². The molecule has 2 heterocycles. The number of methoxy groups -OCH3 is 1. The normalized spacial score (nSPS) is 14.0. The molecule has 0 aliphatic rings. The van der Waals surface area contributed by atoms with Crippen molar-refractivity contribution < 1.29 is 33.5 Å². The lowest BCUT2D eigenvalue weighted by molar-refractivity contribution is -0.135. The molecule has 0 aliphatic heterocycles. The second kappa shape index (κ2) is 24.0. The van der Waals surface area contributed by atoms with Crippen LogP contribution in [0.4, 0.5) is 0 Å². The Morgan fingerprint density at radius 2 is 0.899 bits per heavy atom. The first kappa shape index (κ1) is 50.9. The average Bonchev–Trinajstić information content (AvgIpc) is 3.94. The van der Waals surface area contributed by atoms with Gasteiger partial charge in [-0.1, -0.05) is 107 Å². The summed E-state index contributed by atoms with van der Waals surface area (Å²) in [5.41, 5.74) is 16.8. The van der Waals surface area contributed by atoms with Crippen molar-refractivity contribution in [2.24, 2.45) is 23.3 Å². The SMILES string of the molecule is COc1ccc(C[C@H](N)C(=O)N[C@@H](Cc2c[nH]c3ccccc23)C(=O)N[C@@H](Cc2ccccc2)C(=O)N[C@@H](Cc2c[nH]c3ccccc23)C(=O)N[C@@H](CC(C)C)C(=O)N[C@@H](CC(C)C)C(N)=O)cc1. The first-order valence-electron chi connectivity index (χ1n) is 23.4. The maximum atomic E-state index is 14.8. The minimum absolute atomic E-state index is 0.00615. The van der Waals surface area contributed by atoms with Gasteiger partial charge >= 0.3 is 0 Å². The Morgan fingerprint density at radius 1 is 0.493 bits per heavy atom. The second-order valence-electron chi connectivity index (χ2n) is 18.4. The maximum Gasteiger partial charge on any atom is 0.243 e. The molecular weight excluding hydrogens is 875 g/mol. The Bertz CT molecular complexity index is 2700. The first-order chi connectivity index (χ1) is 33.1. The zero-order valence-electron chi connectivity index (χ0n) is 39.8. The van der Waals surface area contributed by atoms with Crippen molar-refractivity contribution in [3.63, 3.8) is 0 Å². The molecule has 0 unspecified atom stereocenters. The Balaban J connectivity index is 1.30. The fourth-order valence-corrected chi connectivity index (χ4v) is 8.42. The fourth-order valence-electron chi connectivity index (χ4n) is 8.42. The molecule has 0 radical (unpaired) electrons. The Labute approximate surface area is 402 Å². The van der Waals surface area contributed by atoms with Gasteiger partial charge in [-0.15, -0.1) is 0 Å². The standard InChI is InChI=1S/C53H65N9O7/c1-31(2)23-43(48(55)63)58-50(65)44(24-32(3)4)60-53(68)47(28-36-30-57-42-18-12-10-16-39(36)42)62-51(66)45(26-33-13-7-6-8-14-33)61-52(67)46(27-35-29-56-41-17-11-9-15-38(35)41)59-49(64)40(54)25-34-19-21-37(69-5)22-20-34/h6-22,29-32,40,43-47,56-57H,23-28,54H2,1-5H3,(H2,55,63)(H,58,65)(H,59,64)(H,60,68)(H,61,67)(H,62,66)/t40-,43-,44-,45-,46-,47-/m0/s1. The summed E-state index contributed by atoms with van der Waals surface area (Å²) in [6.45, 7) is 7.61. The van der Waals surface area contributed by atoms with Crippen LogP contribution in [0.5, 0.6) is 5.75 Å². The summed E-state index contributed by atoms with van der Waals surface area (Å²) in [4.78, 5) is 90.7. The summed E-state index contributed by atoms with van der Waals surface area (Å²) in [6.07, 6.45) is 4.33. The van der Waals surface area contributed by atoms with E-state index in [1.165, 1.54) is 0 Å². The van der Waals surface area contributed by atoms with Crippen LogP contribution in [0.2, 0.25) is 0 Å². The van der Waals surface area contributed by atoms with E-state index in [-0.39, 0.29) is 43.9 Å². The lowest BCUT2D eigenvalue weighted by atomic mass is 9.98. The highest BCUT2D eigenvalue weighted by molar-refractivity contribution is 5.97. The van der Waals surface area contributed by atoms with Gasteiger partial charge in [-0.05, 0) is 77.6 Å². The van der Waals surface area contributed by atoms with Crippen molar-refractivity contribution in [3.05, 3.63) is 138 Å². The van der Waals surface area contributed by atoms with Gasteiger partial charge in [0.25, 0.3) is 0 Å². The number of H-pyrrole nitrogens is 2. The highest BCUT2D eigenvalue weighted by Gasteiger charge is 2.34. The van der Waals surface area contributed by atoms with Crippen molar-refractivity contribution in [2.75, 3.05) is 7.11 Å². The molecule has 0 fully saturated rings. The minimum Gasteiger partial charge on any atom is -0.497 e. The van der Waals surface area contributed by atoms with Crippen molar-refractivity contribution in [2.45, 2.75) is 102 Å². The van der Waals surface area contributed by atoms with Gasteiger partial charge in [0.05, 0.1) is 13.2 Å². The average molecular weight is 940 g/mol. The van der Waals surface area contributed by atoms with E-state index < -0.39 is 71.7 Å². The molecule has 6 aromatic rings. The molecule has 6 rings (SSSR count). The summed E-state index contributed by atoms with van der Waals surface area (Å²) in [5, 5.41) is 16.0. The van der Waals surface area contributed by atoms with E-state index >= 15 is 0 Å². The van der Waals surface area contributed by atoms with Crippen molar-refractivity contribution in [1.82, 2.24) is 36.6 Å². The number of rotatable bonds is 24. The van der Waals surface area contributed by atoms with E-state index in [1.807, 2.05) is 119 Å². The van der Waals surface area contributed by atoms with Gasteiger partial charge in [-0.25, -0.2) is 0 Å². The number of aromatic amines is 2. The summed E-state index contributed by atoms with van der Waals surface area (Å²) in [5.74, 6) is -3.20. The topological polar surface area (TPSA) is 255 Å². The van der Waals surface area contributed by atoms with E-state index in [1.54, 1.807) is 31.6 Å². The van der Waals surface area contributed by atoms with Crippen LogP contribution in [-0.4, -0.2) is 88.8 Å². The van der Waals surface area contributed by atoms with Crippen LogP contribution in [0.3, 0.4) is 0 Å². The van der Waals surface area contributed by atoms with Crippen LogP contribution in [0, 0.1) is 11.8 Å². The number of primary amides is 1. The summed E-state index contributed by atoms with van der Waals surface area (Å²) >= 11 is 0. The van der Waals surface area contributed by atoms with Gasteiger partial charge in [0, 0.05) is 53.5 Å². The van der Waals surface area contributed by atoms with Crippen molar-refractivity contribution >= 4 is 57.2 Å². The molecule has 0 saturated carbocycles. The number of carbonyl (C=O) groups excluding carboxylic acids is 6. The number of nitrogens with two attached hydrogens (primary N) is 2. The number of ether oxygens (including phenoxy) is 1. The van der Waals surface area contributed by atoms with E-state index in [0.717, 1.165) is 38.5 Å². The molecule has 0 saturated heterocycles. The number of benzene rings is 4. The Hall–Kier alpha value is -7.46. The van der Waals surface area contributed by atoms with E-state index in [9.17, 15) is 28.8 Å². The smallest absolute Gasteiger partial charge is 0.243 e. The third-order valence-electron chi connectivity index (χ3n) is 12.0. The molecule has 0 spiro atoms. The highest BCUT2D eigenvalue weighted by atomic mass is 16.5. The number of hydrogen-bond donors (Lipinski definition) is 9. The van der Waals surface area contributed by atoms with Crippen molar-refractivity contribution in [3.8, 4) is 5.75 Å². The van der Waals surface area contributed by atoms with Crippen LogP contribution < -0.4 is 42.8 Å². The van der Waals surface area contributed by atoms with Gasteiger partial charge in [-0.2, -0.15) is 0 Å². The monoisotopic (exact) mass is 940 g/mol. The first-order valence-corrected chi connectivity index (χ1v) is 23.4. The molecule has 6 atom stereocenters. The molecule has 2 aromatic heterocycles. The fraction of sp³-hybridized carbons (Fsp3) is 0.358. The summed E-state index contributed by atoms with van der Waals surface area (Å²) in [7, 11) is 1.56. The molecule has 16 heteroatoms. The lowest BCUT2D eigenvalue weighted by Gasteiger charge is -2.28. The molecule has 11 N–H and O–H groups in total. The van der Waals surface area contributed by atoms with Gasteiger partial charge in [-0.3, -0.25) is 28.8 Å². The predicted molar refractivity (Wildman–Crippen MR) is 267 cm³/mol. The molecule has 69 heavy (non-hydrogen) atoms. The van der Waals surface area contributed by atoms with E-state index in [2.05, 4.69) is 36.6 Å². The summed E-state index contributed by atoms with van der Waals surface area (Å²) < 4.78 is 5.27. The second-order valence-corrected chi connectivity index (χ2v) is 18.4. The van der Waals surface area contributed by atoms with Crippen LogP contribution in [0.1, 0.15) is 62.8 Å². The molecular formula is C53H65N9O7. The van der Waals surface area contributed by atoms with Crippen LogP contribution >= 0.6 is 0 Å². The number of hydrogen-bond acceptors (Lipinski definition) is 8. The summed E-state index contributed by atoms with van der Waals surface area (Å²) in [6, 6.07) is 24.6. The maximum absolute atomic E-state index is 14.8. The minimum atomic E-state index is -1.25. The number of fused-ring (bicyclic) bond motifs is 2. The quantitative estimate of drug-likeness (QED) is 0.0423. The Morgan fingerprint density at radius 3 is 1.39 bits per heavy atom. The number of carbonyl (C=O) groups is 6. The highest BCUT2D eigenvalue weighted by Crippen LogP contribution is 2.22. The van der Waals surface area contributed by atoms with Gasteiger partial charge in [0.2, 0.25) is 35.4 Å². The van der Waals surface area contributed by atoms with Gasteiger partial charge in [0.1, 0.15) is 36.0 Å². The third kappa shape index (κ3) is 14.3. The lowest BCUT2D eigenvalue weighted by Crippen LogP contribution is -2.60. The van der Waals surface area contributed by atoms with Crippen LogP contribution in [-0.2, 0) is 54.5 Å². The third-order valence-corrected chi connectivity index (χ3v) is 12.0. The number of aromatic nitrogens is 2. The van der Waals surface area contributed by atoms with Gasteiger partial charge in [0.15, 0.2) is 0 Å². The zero-order valence-corrected chi connectivity index (χ0v) is 39.8. The zero-order chi connectivity index (χ0) is 49.6. The molecule has 0 aliphatic carbocycles. The number of para-hydroxylation sites is 2. The number of amides is 6. The molecule has 0 bridgehead atoms. The molecule has 4 aromatic carbocycles. The number of nitrogens with one attached hydrogen (secondary N) is 7. The largest absolute Gasteiger partial charge is 0.497 e. The van der Waals surface area contributed by atoms with Crippen molar-refractivity contribution in [1.29, 1.82) is 0 Å². The molecule has 364 valence electrons. The van der Waals surface area contributed by atoms with Crippen LogP contribution in [0.25, 0.3) is 21.8 Å². The van der Waals surface area contributed by atoms with E-state index in [0.29, 0.717) is 17.7 Å². The predicted octanol–water partition coefficient (Wildman–Crippen LogP) is 4.26.